The largest absolute Gasteiger partial charge is 0.497 e. The van der Waals surface area contributed by atoms with Gasteiger partial charge in [-0.15, -0.1) is 0 Å². The Labute approximate surface area is 219 Å². The van der Waals surface area contributed by atoms with Crippen LogP contribution >= 0.6 is 0 Å². The molecule has 1 aliphatic heterocycles. The highest BCUT2D eigenvalue weighted by Gasteiger charge is 2.44. The van der Waals surface area contributed by atoms with Gasteiger partial charge >= 0.3 is 0 Å². The zero-order valence-electron chi connectivity index (χ0n) is 20.9. The number of fused-ring (bicyclic) bond motifs is 1. The van der Waals surface area contributed by atoms with Gasteiger partial charge in [0.15, 0.2) is 0 Å². The van der Waals surface area contributed by atoms with E-state index >= 15 is 0 Å². The summed E-state index contributed by atoms with van der Waals surface area (Å²) >= 11 is 0. The molecule has 1 heterocycles. The minimum absolute atomic E-state index is 0.160. The van der Waals surface area contributed by atoms with Crippen LogP contribution in [0.15, 0.2) is 91.0 Å². The Morgan fingerprint density at radius 3 is 2.34 bits per heavy atom. The first-order valence-corrected chi connectivity index (χ1v) is 12.2. The number of rotatable bonds is 6. The molecule has 4 aromatic rings. The number of nitrogens with one attached hydrogen (secondary N) is 1. The third kappa shape index (κ3) is 4.87. The predicted molar refractivity (Wildman–Crippen MR) is 141 cm³/mol. The van der Waals surface area contributed by atoms with Crippen molar-refractivity contribution < 1.29 is 23.1 Å². The van der Waals surface area contributed by atoms with Crippen LogP contribution in [0.1, 0.15) is 44.6 Å². The third-order valence-corrected chi connectivity index (χ3v) is 6.88. The minimum Gasteiger partial charge on any atom is -0.497 e. The minimum atomic E-state index is -0.804. The molecule has 0 saturated carbocycles. The summed E-state index contributed by atoms with van der Waals surface area (Å²) in [7, 11) is 1.56. The highest BCUT2D eigenvalue weighted by atomic mass is 19.1. The molecule has 7 heteroatoms. The molecular weight excluding hydrogens is 486 g/mol. The fourth-order valence-electron chi connectivity index (χ4n) is 4.90. The van der Waals surface area contributed by atoms with Gasteiger partial charge in [0.05, 0.1) is 19.1 Å². The van der Waals surface area contributed by atoms with Crippen LogP contribution in [0.5, 0.6) is 5.75 Å². The normalized spacial score (nSPS) is 16.6. The second kappa shape index (κ2) is 10.5. The average molecular weight is 513 g/mol. The summed E-state index contributed by atoms with van der Waals surface area (Å²) in [6.07, 6.45) is 0. The molecule has 0 unspecified atom stereocenters. The molecule has 0 radical (unpaired) electrons. The van der Waals surface area contributed by atoms with E-state index in [4.69, 9.17) is 4.74 Å². The molecule has 1 aliphatic rings. The molecule has 38 heavy (non-hydrogen) atoms. The number of anilines is 1. The zero-order chi connectivity index (χ0) is 26.8. The van der Waals surface area contributed by atoms with Crippen LogP contribution < -0.4 is 10.1 Å². The second-order valence-electron chi connectivity index (χ2n) is 9.30. The van der Waals surface area contributed by atoms with Crippen LogP contribution in [0.4, 0.5) is 14.5 Å². The lowest BCUT2D eigenvalue weighted by atomic mass is 9.79. The number of carbonyl (C=O) groups excluding carboxylic acids is 2. The zero-order valence-corrected chi connectivity index (χ0v) is 20.9. The number of amides is 2. The van der Waals surface area contributed by atoms with Gasteiger partial charge in [0.1, 0.15) is 17.4 Å². The predicted octanol–water partition coefficient (Wildman–Crippen LogP) is 6.40. The first-order chi connectivity index (χ1) is 18.4. The maximum atomic E-state index is 14.3. The summed E-state index contributed by atoms with van der Waals surface area (Å²) in [4.78, 5) is 29.4. The first kappa shape index (κ1) is 25.1. The molecule has 5 nitrogen and oxygen atoms in total. The molecule has 2 atom stereocenters. The fraction of sp³-hybridized carbons (Fsp3) is 0.161. The van der Waals surface area contributed by atoms with Crippen molar-refractivity contribution in [2.45, 2.75) is 25.4 Å². The summed E-state index contributed by atoms with van der Waals surface area (Å²) in [5.41, 5.74) is 3.24. The number of carbonyl (C=O) groups is 2. The van der Waals surface area contributed by atoms with E-state index < -0.39 is 17.8 Å². The number of aryl methyl sites for hydroxylation is 1. The van der Waals surface area contributed by atoms with Crippen LogP contribution in [-0.2, 0) is 11.3 Å². The monoisotopic (exact) mass is 512 g/mol. The van der Waals surface area contributed by atoms with Gasteiger partial charge in [-0.05, 0) is 71.6 Å². The number of methoxy groups -OCH3 is 1. The van der Waals surface area contributed by atoms with Crippen molar-refractivity contribution in [2.24, 2.45) is 0 Å². The van der Waals surface area contributed by atoms with Crippen LogP contribution in [-0.4, -0.2) is 23.8 Å². The summed E-state index contributed by atoms with van der Waals surface area (Å²) in [5.74, 6) is -1.58. The molecule has 0 spiro atoms. The van der Waals surface area contributed by atoms with E-state index in [1.165, 1.54) is 18.2 Å². The first-order valence-electron chi connectivity index (χ1n) is 12.2. The number of ether oxygens (including phenoxy) is 1. The lowest BCUT2D eigenvalue weighted by Gasteiger charge is -2.42. The molecule has 1 N–H and O–H groups in total. The fourth-order valence-corrected chi connectivity index (χ4v) is 4.90. The van der Waals surface area contributed by atoms with E-state index in [9.17, 15) is 18.4 Å². The molecule has 2 amide bonds. The lowest BCUT2D eigenvalue weighted by Crippen LogP contribution is -2.45. The molecule has 5 rings (SSSR count). The van der Waals surface area contributed by atoms with Crippen LogP contribution in [0.3, 0.4) is 0 Å². The summed E-state index contributed by atoms with van der Waals surface area (Å²) < 4.78 is 33.2. The maximum Gasteiger partial charge on any atom is 0.255 e. The Morgan fingerprint density at radius 1 is 0.947 bits per heavy atom. The molecule has 0 fully saturated rings. The van der Waals surface area contributed by atoms with Crippen molar-refractivity contribution in [2.75, 3.05) is 12.4 Å². The number of halogens is 2. The van der Waals surface area contributed by atoms with Crippen molar-refractivity contribution in [3.8, 4) is 5.75 Å². The Hall–Kier alpha value is -4.52. The number of benzene rings is 4. The van der Waals surface area contributed by atoms with Crippen LogP contribution in [0, 0.1) is 18.6 Å². The van der Waals surface area contributed by atoms with Gasteiger partial charge in [0.25, 0.3) is 5.91 Å². The Morgan fingerprint density at radius 2 is 1.66 bits per heavy atom. The van der Waals surface area contributed by atoms with Gasteiger partial charge in [-0.3, -0.25) is 9.59 Å². The highest BCUT2D eigenvalue weighted by molar-refractivity contribution is 6.04. The topological polar surface area (TPSA) is 58.6 Å². The van der Waals surface area contributed by atoms with E-state index in [0.717, 1.165) is 11.1 Å². The molecule has 0 saturated heterocycles. The molecule has 0 bridgehead atoms. The van der Waals surface area contributed by atoms with E-state index in [-0.39, 0.29) is 24.2 Å². The van der Waals surface area contributed by atoms with E-state index in [1.54, 1.807) is 79.6 Å². The summed E-state index contributed by atoms with van der Waals surface area (Å²) in [6.45, 7) is 1.81. The second-order valence-corrected chi connectivity index (χ2v) is 9.30. The summed E-state index contributed by atoms with van der Waals surface area (Å²) in [5, 5.41) is 2.86. The van der Waals surface area contributed by atoms with E-state index in [1.807, 2.05) is 12.1 Å². The number of hydrogen-bond donors (Lipinski definition) is 1. The number of nitrogens with zero attached hydrogens (tertiary/aromatic N) is 1. The van der Waals surface area contributed by atoms with Crippen molar-refractivity contribution in [3.05, 3.63) is 130 Å². The Balaban J connectivity index is 1.63. The Bertz CT molecular complexity index is 1490. The Kier molecular flexibility index (Phi) is 6.92. The standard InChI is InChI=1S/C31H26F2N2O3/c1-19-7-14-23(17-27(19)33)34-30(36)28-25-5-3-4-6-26(25)31(37)35(18-20-8-12-22(32)13-9-20)29(28)21-10-15-24(38-2)16-11-21/h3-17,28-29H,18H2,1-2H3,(H,34,36)/t28-,29+/m1/s1. The van der Waals surface area contributed by atoms with Gasteiger partial charge in [-0.2, -0.15) is 0 Å². The molecule has 4 aromatic carbocycles. The van der Waals surface area contributed by atoms with Crippen LogP contribution in [0.25, 0.3) is 0 Å². The van der Waals surface area contributed by atoms with E-state index in [2.05, 4.69) is 5.32 Å². The van der Waals surface area contributed by atoms with Gasteiger partial charge in [-0.25, -0.2) is 8.78 Å². The molecular formula is C31H26F2N2O3. The van der Waals surface area contributed by atoms with Crippen LogP contribution in [0.2, 0.25) is 0 Å². The summed E-state index contributed by atoms with van der Waals surface area (Å²) in [6, 6.07) is 24.0. The SMILES string of the molecule is COc1ccc([C@H]2[C@H](C(=O)Nc3ccc(C)c(F)c3)c3ccccc3C(=O)N2Cc2ccc(F)cc2)cc1. The number of hydrogen-bond acceptors (Lipinski definition) is 3. The smallest absolute Gasteiger partial charge is 0.255 e. The van der Waals surface area contributed by atoms with Crippen molar-refractivity contribution >= 4 is 17.5 Å². The maximum absolute atomic E-state index is 14.3. The lowest BCUT2D eigenvalue weighted by molar-refractivity contribution is -0.119. The van der Waals surface area contributed by atoms with Gasteiger partial charge in [0, 0.05) is 17.8 Å². The van der Waals surface area contributed by atoms with Crippen molar-refractivity contribution in [3.63, 3.8) is 0 Å². The molecule has 0 aromatic heterocycles. The molecule has 192 valence electrons. The van der Waals surface area contributed by atoms with Gasteiger partial charge in [-0.1, -0.05) is 48.5 Å². The van der Waals surface area contributed by atoms with E-state index in [0.29, 0.717) is 28.1 Å². The van der Waals surface area contributed by atoms with Gasteiger partial charge in [0.2, 0.25) is 5.91 Å². The highest BCUT2D eigenvalue weighted by Crippen LogP contribution is 2.44. The average Bonchev–Trinajstić information content (AvgIpc) is 2.93. The molecule has 0 aliphatic carbocycles. The van der Waals surface area contributed by atoms with Crippen molar-refractivity contribution in [1.82, 2.24) is 4.90 Å². The van der Waals surface area contributed by atoms with Gasteiger partial charge < -0.3 is 15.0 Å². The third-order valence-electron chi connectivity index (χ3n) is 6.88. The quantitative estimate of drug-likeness (QED) is 0.325. The van der Waals surface area contributed by atoms with Crippen molar-refractivity contribution in [1.29, 1.82) is 0 Å².